The quantitative estimate of drug-likeness (QED) is 0.559. The van der Waals surface area contributed by atoms with Crippen molar-refractivity contribution in [1.29, 1.82) is 5.41 Å². The molecule has 4 heteroatoms. The number of nitrogens with two attached hydrogens (primary N) is 1. The molecule has 1 amide bonds. The summed E-state index contributed by atoms with van der Waals surface area (Å²) in [7, 11) is 1.60. The molecule has 3 N–H and O–H groups in total. The second-order valence-corrected chi connectivity index (χ2v) is 2.12. The Balaban J connectivity index is 4.48. The van der Waals surface area contributed by atoms with E-state index >= 15 is 0 Å². The summed E-state index contributed by atoms with van der Waals surface area (Å²) in [6, 6.07) is 0. The summed E-state index contributed by atoms with van der Waals surface area (Å²) < 4.78 is 0. The van der Waals surface area contributed by atoms with Gasteiger partial charge in [0.05, 0.1) is 0 Å². The second-order valence-electron chi connectivity index (χ2n) is 2.12. The molecule has 0 heterocycles. The Labute approximate surface area is 66.0 Å². The van der Waals surface area contributed by atoms with Crippen molar-refractivity contribution in [2.24, 2.45) is 16.6 Å². The van der Waals surface area contributed by atoms with Crippen molar-refractivity contribution in [3.63, 3.8) is 0 Å². The van der Waals surface area contributed by atoms with Gasteiger partial charge in [0.2, 0.25) is 5.91 Å². The van der Waals surface area contributed by atoms with Crippen molar-refractivity contribution in [3.8, 4) is 0 Å². The Morgan fingerprint density at radius 1 is 1.82 bits per heavy atom. The summed E-state index contributed by atoms with van der Waals surface area (Å²) in [6.07, 6.45) is 1.67. The Morgan fingerprint density at radius 2 is 2.36 bits per heavy atom. The van der Waals surface area contributed by atoms with Gasteiger partial charge in [-0.25, -0.2) is 0 Å². The van der Waals surface area contributed by atoms with Crippen LogP contribution in [0.25, 0.3) is 0 Å². The zero-order valence-electron chi connectivity index (χ0n) is 6.79. The molecule has 0 saturated heterocycles. The second kappa shape index (κ2) is 4.60. The average molecular weight is 155 g/mol. The van der Waals surface area contributed by atoms with Crippen LogP contribution < -0.4 is 5.73 Å². The molecule has 4 nitrogen and oxygen atoms in total. The van der Waals surface area contributed by atoms with Gasteiger partial charge in [-0.15, -0.1) is 0 Å². The van der Waals surface area contributed by atoms with E-state index in [4.69, 9.17) is 11.1 Å². The van der Waals surface area contributed by atoms with Crippen LogP contribution in [0.3, 0.4) is 0 Å². The molecule has 0 aliphatic carbocycles. The predicted molar refractivity (Wildman–Crippen MR) is 45.1 cm³/mol. The SMILES string of the molecule is CCC(=NC)C(C=N)C(N)=O. The monoisotopic (exact) mass is 155 g/mol. The smallest absolute Gasteiger partial charge is 0.231 e. The van der Waals surface area contributed by atoms with Gasteiger partial charge in [0.15, 0.2) is 0 Å². The van der Waals surface area contributed by atoms with Gasteiger partial charge in [0.1, 0.15) is 5.92 Å². The molecule has 0 aromatic carbocycles. The zero-order chi connectivity index (χ0) is 8.85. The van der Waals surface area contributed by atoms with Crippen LogP contribution in [-0.2, 0) is 4.79 Å². The highest BCUT2D eigenvalue weighted by atomic mass is 16.1. The molecule has 11 heavy (non-hydrogen) atoms. The van der Waals surface area contributed by atoms with Crippen molar-refractivity contribution in [2.45, 2.75) is 13.3 Å². The first-order valence-electron chi connectivity index (χ1n) is 3.42. The van der Waals surface area contributed by atoms with Gasteiger partial charge in [0.25, 0.3) is 0 Å². The fourth-order valence-electron chi connectivity index (χ4n) is 0.860. The molecule has 0 fully saturated rings. The standard InChI is InChI=1S/C7H13N3O/c1-3-6(10-2)5(4-8)7(9)11/h4-5,8H,3H2,1-2H3,(H2,9,11). The average Bonchev–Trinajstić information content (AvgIpc) is 1.99. The normalized spacial score (nSPS) is 14.2. The summed E-state index contributed by atoms with van der Waals surface area (Å²) in [4.78, 5) is 14.5. The molecule has 0 aliphatic rings. The number of nitrogens with one attached hydrogen (secondary N) is 1. The van der Waals surface area contributed by atoms with Gasteiger partial charge < -0.3 is 11.1 Å². The lowest BCUT2D eigenvalue weighted by atomic mass is 10.0. The van der Waals surface area contributed by atoms with E-state index in [-0.39, 0.29) is 0 Å². The lowest BCUT2D eigenvalue weighted by Gasteiger charge is -2.07. The summed E-state index contributed by atoms with van der Waals surface area (Å²) in [6.45, 7) is 1.88. The van der Waals surface area contributed by atoms with E-state index < -0.39 is 11.8 Å². The molecule has 0 bridgehead atoms. The first kappa shape index (κ1) is 9.81. The number of aliphatic imine (C=N–C) groups is 1. The third-order valence-electron chi connectivity index (χ3n) is 1.48. The predicted octanol–water partition coefficient (Wildman–Crippen LogP) is 0.218. The van der Waals surface area contributed by atoms with Crippen molar-refractivity contribution < 1.29 is 4.79 Å². The number of rotatable bonds is 4. The maximum atomic E-state index is 10.7. The minimum Gasteiger partial charge on any atom is -0.369 e. The number of nitrogens with zero attached hydrogens (tertiary/aromatic N) is 1. The molecular formula is C7H13N3O. The largest absolute Gasteiger partial charge is 0.369 e. The van der Waals surface area contributed by atoms with Crippen LogP contribution >= 0.6 is 0 Å². The number of carbonyl (C=O) groups excluding carboxylic acids is 1. The van der Waals surface area contributed by atoms with Crippen LogP contribution in [0.2, 0.25) is 0 Å². The van der Waals surface area contributed by atoms with Crippen molar-refractivity contribution in [1.82, 2.24) is 0 Å². The van der Waals surface area contributed by atoms with Gasteiger partial charge in [0, 0.05) is 19.0 Å². The van der Waals surface area contributed by atoms with E-state index in [2.05, 4.69) is 4.99 Å². The van der Waals surface area contributed by atoms with Crippen LogP contribution in [-0.4, -0.2) is 24.9 Å². The van der Waals surface area contributed by atoms with Crippen molar-refractivity contribution in [3.05, 3.63) is 0 Å². The minimum absolute atomic E-state index is 0.512. The van der Waals surface area contributed by atoms with Gasteiger partial charge in [-0.2, -0.15) is 0 Å². The maximum Gasteiger partial charge on any atom is 0.231 e. The summed E-state index contributed by atoms with van der Waals surface area (Å²) in [5.74, 6) is -1.13. The van der Waals surface area contributed by atoms with E-state index in [0.29, 0.717) is 12.1 Å². The third-order valence-corrected chi connectivity index (χ3v) is 1.48. The Bertz CT molecular complexity index is 186. The molecular weight excluding hydrogens is 142 g/mol. The van der Waals surface area contributed by atoms with Crippen molar-refractivity contribution >= 4 is 17.8 Å². The van der Waals surface area contributed by atoms with Gasteiger partial charge in [-0.1, -0.05) is 6.92 Å². The van der Waals surface area contributed by atoms with E-state index in [9.17, 15) is 4.79 Å². The zero-order valence-corrected chi connectivity index (χ0v) is 6.79. The van der Waals surface area contributed by atoms with Gasteiger partial charge in [-0.3, -0.25) is 9.79 Å². The summed E-state index contributed by atoms with van der Waals surface area (Å²) >= 11 is 0. The van der Waals surface area contributed by atoms with Gasteiger partial charge >= 0.3 is 0 Å². The van der Waals surface area contributed by atoms with Crippen molar-refractivity contribution in [2.75, 3.05) is 7.05 Å². The molecule has 1 atom stereocenters. The van der Waals surface area contributed by atoms with E-state index in [1.807, 2.05) is 6.92 Å². The fourth-order valence-corrected chi connectivity index (χ4v) is 0.860. The number of carbonyl (C=O) groups is 1. The number of primary amides is 1. The van der Waals surface area contributed by atoms with E-state index in [1.165, 1.54) is 0 Å². The van der Waals surface area contributed by atoms with E-state index in [1.54, 1.807) is 7.05 Å². The number of amides is 1. The fraction of sp³-hybridized carbons (Fsp3) is 0.571. The lowest BCUT2D eigenvalue weighted by molar-refractivity contribution is -0.118. The Kier molecular flexibility index (Phi) is 4.10. The number of hydrogen-bond donors (Lipinski definition) is 2. The first-order valence-corrected chi connectivity index (χ1v) is 3.42. The van der Waals surface area contributed by atoms with Crippen LogP contribution in [0.4, 0.5) is 0 Å². The van der Waals surface area contributed by atoms with E-state index in [0.717, 1.165) is 6.21 Å². The topological polar surface area (TPSA) is 79.3 Å². The summed E-state index contributed by atoms with van der Waals surface area (Å²) in [5, 5.41) is 6.92. The van der Waals surface area contributed by atoms with Crippen LogP contribution in [0.15, 0.2) is 4.99 Å². The highest BCUT2D eigenvalue weighted by Crippen LogP contribution is 1.99. The molecule has 0 aromatic heterocycles. The van der Waals surface area contributed by atoms with Crippen LogP contribution in [0.1, 0.15) is 13.3 Å². The molecule has 62 valence electrons. The van der Waals surface area contributed by atoms with Gasteiger partial charge in [-0.05, 0) is 6.42 Å². The molecule has 0 rings (SSSR count). The molecule has 0 aromatic rings. The Hall–Kier alpha value is -1.19. The highest BCUT2D eigenvalue weighted by Gasteiger charge is 2.16. The maximum absolute atomic E-state index is 10.7. The molecule has 0 radical (unpaired) electrons. The van der Waals surface area contributed by atoms with Crippen LogP contribution in [0, 0.1) is 11.3 Å². The third kappa shape index (κ3) is 2.49. The highest BCUT2D eigenvalue weighted by molar-refractivity contribution is 6.14. The Morgan fingerprint density at radius 3 is 2.45 bits per heavy atom. The number of hydrogen-bond acceptors (Lipinski definition) is 3. The molecule has 1 unspecified atom stereocenters. The first-order chi connectivity index (χ1) is 5.17. The lowest BCUT2D eigenvalue weighted by Crippen LogP contribution is -2.31. The minimum atomic E-state index is -0.620. The summed E-state index contributed by atoms with van der Waals surface area (Å²) in [5.41, 5.74) is 5.69. The molecule has 0 spiro atoms. The molecule has 0 saturated carbocycles. The molecule has 0 aliphatic heterocycles. The van der Waals surface area contributed by atoms with Crippen LogP contribution in [0.5, 0.6) is 0 Å².